The lowest BCUT2D eigenvalue weighted by atomic mass is 10.3. The Morgan fingerprint density at radius 2 is 1.93 bits per heavy atom. The SMILES string of the molecule is CCCOCCOCC(C#N)NCC. The summed E-state index contributed by atoms with van der Waals surface area (Å²) in [7, 11) is 0. The molecule has 0 heterocycles. The second kappa shape index (κ2) is 10.5. The van der Waals surface area contributed by atoms with Gasteiger partial charge >= 0.3 is 0 Å². The fourth-order valence-electron chi connectivity index (χ4n) is 0.954. The highest BCUT2D eigenvalue weighted by Gasteiger charge is 2.03. The molecule has 0 bridgehead atoms. The average molecular weight is 200 g/mol. The molecule has 1 atom stereocenters. The molecule has 0 aliphatic rings. The van der Waals surface area contributed by atoms with Gasteiger partial charge in [0.15, 0.2) is 0 Å². The van der Waals surface area contributed by atoms with Crippen molar-refractivity contribution < 1.29 is 9.47 Å². The Morgan fingerprint density at radius 3 is 2.50 bits per heavy atom. The Hall–Kier alpha value is -0.630. The molecule has 0 saturated carbocycles. The lowest BCUT2D eigenvalue weighted by Gasteiger charge is -2.10. The van der Waals surface area contributed by atoms with Crippen LogP contribution in [-0.2, 0) is 9.47 Å². The Labute approximate surface area is 86.2 Å². The molecular formula is C10H20N2O2. The van der Waals surface area contributed by atoms with Crippen LogP contribution in [0.4, 0.5) is 0 Å². The molecule has 4 heteroatoms. The first-order valence-electron chi connectivity index (χ1n) is 5.13. The van der Waals surface area contributed by atoms with Crippen LogP contribution in [0.2, 0.25) is 0 Å². The molecule has 0 radical (unpaired) electrons. The molecular weight excluding hydrogens is 180 g/mol. The minimum absolute atomic E-state index is 0.203. The zero-order valence-corrected chi connectivity index (χ0v) is 9.08. The van der Waals surface area contributed by atoms with E-state index in [9.17, 15) is 0 Å². The van der Waals surface area contributed by atoms with Gasteiger partial charge in [-0.15, -0.1) is 0 Å². The molecule has 0 saturated heterocycles. The van der Waals surface area contributed by atoms with Crippen molar-refractivity contribution in [3.8, 4) is 6.07 Å². The van der Waals surface area contributed by atoms with E-state index in [1.165, 1.54) is 0 Å². The highest BCUT2D eigenvalue weighted by Crippen LogP contribution is 1.86. The third-order valence-electron chi connectivity index (χ3n) is 1.61. The third kappa shape index (κ3) is 7.99. The molecule has 0 aromatic rings. The van der Waals surface area contributed by atoms with E-state index in [0.29, 0.717) is 19.8 Å². The molecule has 82 valence electrons. The summed E-state index contributed by atoms with van der Waals surface area (Å²) in [6, 6.07) is 1.93. The quantitative estimate of drug-likeness (QED) is 0.563. The largest absolute Gasteiger partial charge is 0.379 e. The van der Waals surface area contributed by atoms with Crippen molar-refractivity contribution >= 4 is 0 Å². The number of nitrogens with zero attached hydrogens (tertiary/aromatic N) is 1. The van der Waals surface area contributed by atoms with Crippen molar-refractivity contribution in [2.24, 2.45) is 0 Å². The predicted molar refractivity (Wildman–Crippen MR) is 55.0 cm³/mol. The lowest BCUT2D eigenvalue weighted by molar-refractivity contribution is 0.0442. The smallest absolute Gasteiger partial charge is 0.119 e. The molecule has 14 heavy (non-hydrogen) atoms. The zero-order chi connectivity index (χ0) is 10.6. The zero-order valence-electron chi connectivity index (χ0n) is 9.08. The second-order valence-electron chi connectivity index (χ2n) is 2.93. The minimum atomic E-state index is -0.203. The Balaban J connectivity index is 3.21. The van der Waals surface area contributed by atoms with Gasteiger partial charge in [-0.05, 0) is 13.0 Å². The molecule has 0 rings (SSSR count). The van der Waals surface area contributed by atoms with Crippen molar-refractivity contribution in [3.05, 3.63) is 0 Å². The van der Waals surface area contributed by atoms with Gasteiger partial charge in [0.25, 0.3) is 0 Å². The van der Waals surface area contributed by atoms with Gasteiger partial charge in [0.1, 0.15) is 6.04 Å². The van der Waals surface area contributed by atoms with E-state index in [1.54, 1.807) is 0 Å². The molecule has 1 unspecified atom stereocenters. The summed E-state index contributed by atoms with van der Waals surface area (Å²) in [6.45, 7) is 7.19. The van der Waals surface area contributed by atoms with E-state index >= 15 is 0 Å². The molecule has 1 N–H and O–H groups in total. The van der Waals surface area contributed by atoms with Gasteiger partial charge in [0, 0.05) is 6.61 Å². The van der Waals surface area contributed by atoms with E-state index in [2.05, 4.69) is 18.3 Å². The molecule has 0 aromatic heterocycles. The topological polar surface area (TPSA) is 54.3 Å². The predicted octanol–water partition coefficient (Wildman–Crippen LogP) is 0.931. The van der Waals surface area contributed by atoms with Crippen molar-refractivity contribution in [2.75, 3.05) is 33.0 Å². The number of nitriles is 1. The van der Waals surface area contributed by atoms with Gasteiger partial charge in [-0.1, -0.05) is 13.8 Å². The molecule has 0 aromatic carbocycles. The van der Waals surface area contributed by atoms with Crippen LogP contribution < -0.4 is 5.32 Å². The van der Waals surface area contributed by atoms with Gasteiger partial charge in [0.2, 0.25) is 0 Å². The van der Waals surface area contributed by atoms with Crippen LogP contribution in [0.25, 0.3) is 0 Å². The Morgan fingerprint density at radius 1 is 1.21 bits per heavy atom. The lowest BCUT2D eigenvalue weighted by Crippen LogP contribution is -2.32. The van der Waals surface area contributed by atoms with Crippen molar-refractivity contribution in [2.45, 2.75) is 26.3 Å². The summed E-state index contributed by atoms with van der Waals surface area (Å²) in [5.74, 6) is 0. The van der Waals surface area contributed by atoms with E-state index in [-0.39, 0.29) is 6.04 Å². The first kappa shape index (κ1) is 13.4. The van der Waals surface area contributed by atoms with Gasteiger partial charge < -0.3 is 14.8 Å². The number of rotatable bonds is 9. The Bertz CT molecular complexity index is 157. The van der Waals surface area contributed by atoms with Crippen LogP contribution in [0.5, 0.6) is 0 Å². The number of nitrogens with one attached hydrogen (secondary N) is 1. The summed E-state index contributed by atoms with van der Waals surface area (Å²) in [6.07, 6.45) is 1.03. The van der Waals surface area contributed by atoms with Gasteiger partial charge in [-0.3, -0.25) is 0 Å². The maximum absolute atomic E-state index is 8.67. The van der Waals surface area contributed by atoms with Crippen LogP contribution in [-0.4, -0.2) is 39.0 Å². The number of hydrogen-bond acceptors (Lipinski definition) is 4. The molecule has 0 aliphatic heterocycles. The molecule has 0 aliphatic carbocycles. The van der Waals surface area contributed by atoms with E-state index in [0.717, 1.165) is 19.6 Å². The fourth-order valence-corrected chi connectivity index (χ4v) is 0.954. The van der Waals surface area contributed by atoms with Gasteiger partial charge in [-0.2, -0.15) is 5.26 Å². The average Bonchev–Trinajstić information content (AvgIpc) is 2.21. The van der Waals surface area contributed by atoms with E-state index in [1.807, 2.05) is 6.92 Å². The number of ether oxygens (including phenoxy) is 2. The van der Waals surface area contributed by atoms with Crippen LogP contribution in [0.15, 0.2) is 0 Å². The first-order chi connectivity index (χ1) is 6.85. The summed E-state index contributed by atoms with van der Waals surface area (Å²) >= 11 is 0. The normalized spacial score (nSPS) is 12.4. The summed E-state index contributed by atoms with van der Waals surface area (Å²) < 4.78 is 10.5. The highest BCUT2D eigenvalue weighted by molar-refractivity contribution is 4.88. The molecule has 4 nitrogen and oxygen atoms in total. The molecule has 0 amide bonds. The maximum Gasteiger partial charge on any atom is 0.119 e. The van der Waals surface area contributed by atoms with E-state index < -0.39 is 0 Å². The monoisotopic (exact) mass is 200 g/mol. The van der Waals surface area contributed by atoms with Crippen LogP contribution >= 0.6 is 0 Å². The second-order valence-corrected chi connectivity index (χ2v) is 2.93. The summed E-state index contributed by atoms with van der Waals surface area (Å²) in [5, 5.41) is 11.7. The van der Waals surface area contributed by atoms with Gasteiger partial charge in [0.05, 0.1) is 25.9 Å². The van der Waals surface area contributed by atoms with Crippen molar-refractivity contribution in [1.82, 2.24) is 5.32 Å². The summed E-state index contributed by atoms with van der Waals surface area (Å²) in [4.78, 5) is 0. The third-order valence-corrected chi connectivity index (χ3v) is 1.61. The summed E-state index contributed by atoms with van der Waals surface area (Å²) in [5.41, 5.74) is 0. The minimum Gasteiger partial charge on any atom is -0.379 e. The van der Waals surface area contributed by atoms with Crippen molar-refractivity contribution in [1.29, 1.82) is 5.26 Å². The maximum atomic E-state index is 8.67. The highest BCUT2D eigenvalue weighted by atomic mass is 16.5. The first-order valence-corrected chi connectivity index (χ1v) is 5.13. The Kier molecular flexibility index (Phi) is 9.98. The molecule has 0 spiro atoms. The fraction of sp³-hybridized carbons (Fsp3) is 0.900. The van der Waals surface area contributed by atoms with Crippen LogP contribution in [0.3, 0.4) is 0 Å². The standard InChI is InChI=1S/C10H20N2O2/c1-3-5-13-6-7-14-9-10(8-11)12-4-2/h10,12H,3-7,9H2,1-2H3. The number of hydrogen-bond donors (Lipinski definition) is 1. The molecule has 0 fully saturated rings. The van der Waals surface area contributed by atoms with Crippen LogP contribution in [0, 0.1) is 11.3 Å². The number of likely N-dealkylation sites (N-methyl/N-ethyl adjacent to an activating group) is 1. The van der Waals surface area contributed by atoms with Crippen molar-refractivity contribution in [3.63, 3.8) is 0 Å². The van der Waals surface area contributed by atoms with Crippen LogP contribution in [0.1, 0.15) is 20.3 Å². The van der Waals surface area contributed by atoms with E-state index in [4.69, 9.17) is 14.7 Å². The van der Waals surface area contributed by atoms with Gasteiger partial charge in [-0.25, -0.2) is 0 Å².